The Morgan fingerprint density at radius 1 is 1.00 bits per heavy atom. The van der Waals surface area contributed by atoms with Gasteiger partial charge in [0.2, 0.25) is 0 Å². The highest BCUT2D eigenvalue weighted by Crippen LogP contribution is 2.23. The fourth-order valence-electron chi connectivity index (χ4n) is 2.47. The topological polar surface area (TPSA) is 55.0 Å². The molecule has 0 aromatic carbocycles. The van der Waals surface area contributed by atoms with Gasteiger partial charge in [0.15, 0.2) is 5.82 Å². The van der Waals surface area contributed by atoms with E-state index in [1.54, 1.807) is 0 Å². The maximum absolute atomic E-state index is 5.95. The molecule has 1 aromatic heterocycles. The van der Waals surface area contributed by atoms with Gasteiger partial charge in [0.1, 0.15) is 0 Å². The third-order valence-electron chi connectivity index (χ3n) is 3.60. The van der Waals surface area contributed by atoms with Gasteiger partial charge in [-0.3, -0.25) is 0 Å². The van der Waals surface area contributed by atoms with Crippen molar-refractivity contribution in [1.82, 2.24) is 10.2 Å². The molecule has 0 amide bonds. The van der Waals surface area contributed by atoms with Crippen LogP contribution in [0.3, 0.4) is 0 Å². The van der Waals surface area contributed by atoms with Crippen LogP contribution in [0.2, 0.25) is 0 Å². The summed E-state index contributed by atoms with van der Waals surface area (Å²) in [4.78, 5) is 2.20. The minimum absolute atomic E-state index is 0.541. The van der Waals surface area contributed by atoms with Crippen LogP contribution in [-0.2, 0) is 19.4 Å². The SMILES string of the molecule is CCCCCN(C)c1nnc(CC)c(CC)c1CN. The smallest absolute Gasteiger partial charge is 0.155 e. The Bertz CT molecular complexity index is 390. The molecule has 1 heterocycles. The number of unbranched alkanes of at least 4 members (excludes halogenated alkanes) is 2. The van der Waals surface area contributed by atoms with Crippen molar-refractivity contribution in [3.63, 3.8) is 0 Å². The molecule has 108 valence electrons. The van der Waals surface area contributed by atoms with Gasteiger partial charge in [0.25, 0.3) is 0 Å². The lowest BCUT2D eigenvalue weighted by Crippen LogP contribution is -2.24. The van der Waals surface area contributed by atoms with E-state index >= 15 is 0 Å². The molecule has 1 aromatic rings. The van der Waals surface area contributed by atoms with Crippen LogP contribution in [0.5, 0.6) is 0 Å². The first-order valence-electron chi connectivity index (χ1n) is 7.47. The molecule has 0 atom stereocenters. The second kappa shape index (κ2) is 8.10. The van der Waals surface area contributed by atoms with Gasteiger partial charge in [0, 0.05) is 25.7 Å². The standard InChI is InChI=1S/C15H28N4/c1-5-8-9-10-19(4)15-13(11-16)12(6-2)14(7-3)17-18-15/h5-11,16H2,1-4H3. The Kier molecular flexibility index (Phi) is 6.78. The highest BCUT2D eigenvalue weighted by Gasteiger charge is 2.15. The summed E-state index contributed by atoms with van der Waals surface area (Å²) in [6.45, 7) is 8.06. The van der Waals surface area contributed by atoms with Crippen LogP contribution in [0.15, 0.2) is 0 Å². The molecule has 0 fully saturated rings. The van der Waals surface area contributed by atoms with Crippen molar-refractivity contribution < 1.29 is 0 Å². The average Bonchev–Trinajstić information content (AvgIpc) is 2.45. The number of aromatic nitrogens is 2. The quantitative estimate of drug-likeness (QED) is 0.733. The molecule has 0 aliphatic rings. The Morgan fingerprint density at radius 2 is 1.74 bits per heavy atom. The molecule has 0 bridgehead atoms. The second-order valence-corrected chi connectivity index (χ2v) is 4.97. The van der Waals surface area contributed by atoms with Crippen LogP contribution in [0, 0.1) is 0 Å². The largest absolute Gasteiger partial charge is 0.358 e. The Balaban J connectivity index is 2.99. The number of aryl methyl sites for hydroxylation is 1. The van der Waals surface area contributed by atoms with Crippen LogP contribution in [0.4, 0.5) is 5.82 Å². The predicted molar refractivity (Wildman–Crippen MR) is 81.5 cm³/mol. The monoisotopic (exact) mass is 264 g/mol. The second-order valence-electron chi connectivity index (χ2n) is 4.97. The first kappa shape index (κ1) is 15.9. The Hall–Kier alpha value is -1.16. The van der Waals surface area contributed by atoms with Gasteiger partial charge < -0.3 is 10.6 Å². The summed E-state index contributed by atoms with van der Waals surface area (Å²) in [5.41, 5.74) is 9.50. The molecule has 4 nitrogen and oxygen atoms in total. The molecule has 0 unspecified atom stereocenters. The summed E-state index contributed by atoms with van der Waals surface area (Å²) in [5.74, 6) is 0.965. The summed E-state index contributed by atoms with van der Waals surface area (Å²) in [5, 5.41) is 8.78. The van der Waals surface area contributed by atoms with Gasteiger partial charge >= 0.3 is 0 Å². The molecule has 0 aliphatic carbocycles. The van der Waals surface area contributed by atoms with Crippen molar-refractivity contribution in [2.45, 2.75) is 59.4 Å². The Morgan fingerprint density at radius 3 is 2.26 bits per heavy atom. The van der Waals surface area contributed by atoms with Crippen LogP contribution < -0.4 is 10.6 Å². The highest BCUT2D eigenvalue weighted by atomic mass is 15.2. The summed E-state index contributed by atoms with van der Waals surface area (Å²) in [6.07, 6.45) is 5.57. The molecule has 4 heteroatoms. The minimum Gasteiger partial charge on any atom is -0.358 e. The van der Waals surface area contributed by atoms with E-state index in [1.807, 2.05) is 0 Å². The van der Waals surface area contributed by atoms with Gasteiger partial charge in [-0.25, -0.2) is 0 Å². The maximum atomic E-state index is 5.95. The summed E-state index contributed by atoms with van der Waals surface area (Å²) >= 11 is 0. The summed E-state index contributed by atoms with van der Waals surface area (Å²) in [7, 11) is 2.09. The fourth-order valence-corrected chi connectivity index (χ4v) is 2.47. The van der Waals surface area contributed by atoms with E-state index in [0.29, 0.717) is 6.54 Å². The Labute approximate surface area is 117 Å². The minimum atomic E-state index is 0.541. The lowest BCUT2D eigenvalue weighted by molar-refractivity contribution is 0.692. The van der Waals surface area contributed by atoms with E-state index < -0.39 is 0 Å². The normalized spacial score (nSPS) is 10.8. The molecule has 2 N–H and O–H groups in total. The number of nitrogens with two attached hydrogens (primary N) is 1. The first-order valence-corrected chi connectivity index (χ1v) is 7.47. The van der Waals surface area contributed by atoms with Crippen molar-refractivity contribution in [3.05, 3.63) is 16.8 Å². The first-order chi connectivity index (χ1) is 9.19. The van der Waals surface area contributed by atoms with Crippen LogP contribution in [-0.4, -0.2) is 23.8 Å². The molecule has 1 rings (SSSR count). The van der Waals surface area contributed by atoms with Gasteiger partial charge in [0.05, 0.1) is 5.69 Å². The zero-order valence-corrected chi connectivity index (χ0v) is 12.9. The van der Waals surface area contributed by atoms with Crippen molar-refractivity contribution in [2.24, 2.45) is 5.73 Å². The molecule has 0 saturated carbocycles. The third kappa shape index (κ3) is 3.90. The van der Waals surface area contributed by atoms with Gasteiger partial charge in [-0.05, 0) is 24.8 Å². The van der Waals surface area contributed by atoms with Crippen molar-refractivity contribution in [2.75, 3.05) is 18.5 Å². The fraction of sp³-hybridized carbons (Fsp3) is 0.733. The average molecular weight is 264 g/mol. The van der Waals surface area contributed by atoms with E-state index in [2.05, 4.69) is 42.9 Å². The zero-order valence-electron chi connectivity index (χ0n) is 12.9. The van der Waals surface area contributed by atoms with Crippen LogP contribution in [0.25, 0.3) is 0 Å². The molecule has 0 radical (unpaired) electrons. The maximum Gasteiger partial charge on any atom is 0.155 e. The predicted octanol–water partition coefficient (Wildman–Crippen LogP) is 2.69. The summed E-state index contributed by atoms with van der Waals surface area (Å²) < 4.78 is 0. The highest BCUT2D eigenvalue weighted by molar-refractivity contribution is 5.50. The van der Waals surface area contributed by atoms with Crippen molar-refractivity contribution >= 4 is 5.82 Å². The lowest BCUT2D eigenvalue weighted by atomic mass is 10.0. The van der Waals surface area contributed by atoms with E-state index in [9.17, 15) is 0 Å². The zero-order chi connectivity index (χ0) is 14.3. The van der Waals surface area contributed by atoms with Crippen LogP contribution >= 0.6 is 0 Å². The van der Waals surface area contributed by atoms with Gasteiger partial charge in [-0.15, -0.1) is 5.10 Å². The molecule has 0 spiro atoms. The van der Waals surface area contributed by atoms with Gasteiger partial charge in [-0.2, -0.15) is 5.10 Å². The number of rotatable bonds is 8. The molecule has 0 aliphatic heterocycles. The van der Waals surface area contributed by atoms with Crippen LogP contribution in [0.1, 0.15) is 56.9 Å². The molecular weight excluding hydrogens is 236 g/mol. The third-order valence-corrected chi connectivity index (χ3v) is 3.60. The van der Waals surface area contributed by atoms with Crippen molar-refractivity contribution in [1.29, 1.82) is 0 Å². The van der Waals surface area contributed by atoms with E-state index in [0.717, 1.165) is 30.9 Å². The van der Waals surface area contributed by atoms with Gasteiger partial charge in [-0.1, -0.05) is 33.6 Å². The molecule has 0 saturated heterocycles. The van der Waals surface area contributed by atoms with E-state index in [4.69, 9.17) is 5.73 Å². The molecular formula is C15H28N4. The lowest BCUT2D eigenvalue weighted by Gasteiger charge is -2.22. The van der Waals surface area contributed by atoms with E-state index in [-0.39, 0.29) is 0 Å². The number of hydrogen-bond acceptors (Lipinski definition) is 4. The number of nitrogens with zero attached hydrogens (tertiary/aromatic N) is 3. The van der Waals surface area contributed by atoms with E-state index in [1.165, 1.54) is 30.4 Å². The summed E-state index contributed by atoms with van der Waals surface area (Å²) in [6, 6.07) is 0. The number of hydrogen-bond donors (Lipinski definition) is 1. The number of anilines is 1. The van der Waals surface area contributed by atoms with Crippen molar-refractivity contribution in [3.8, 4) is 0 Å². The molecule has 19 heavy (non-hydrogen) atoms.